The number of hydrogen-bond donors (Lipinski definition) is 3. The zero-order valence-corrected chi connectivity index (χ0v) is 14.5. The summed E-state index contributed by atoms with van der Waals surface area (Å²) >= 11 is 0. The molecule has 2 aromatic carbocycles. The van der Waals surface area contributed by atoms with Gasteiger partial charge in [-0.2, -0.15) is 0 Å². The van der Waals surface area contributed by atoms with Crippen LogP contribution in [-0.4, -0.2) is 15.9 Å². The van der Waals surface area contributed by atoms with E-state index in [2.05, 4.69) is 22.2 Å². The van der Waals surface area contributed by atoms with Gasteiger partial charge in [-0.25, -0.2) is 0 Å². The van der Waals surface area contributed by atoms with E-state index in [-0.39, 0.29) is 5.91 Å². The molecule has 0 aliphatic heterocycles. The molecule has 1 amide bonds. The predicted molar refractivity (Wildman–Crippen MR) is 106 cm³/mol. The molecule has 0 bridgehead atoms. The highest BCUT2D eigenvalue weighted by molar-refractivity contribution is 6.07. The second-order valence-electron chi connectivity index (χ2n) is 6.41. The maximum absolute atomic E-state index is 12.6. The molecule has 0 saturated heterocycles. The van der Waals surface area contributed by atoms with Crippen molar-refractivity contribution in [1.82, 2.24) is 9.97 Å². The number of aryl methyl sites for hydroxylation is 1. The fourth-order valence-corrected chi connectivity index (χ4v) is 3.17. The molecule has 0 aliphatic rings. The summed E-state index contributed by atoms with van der Waals surface area (Å²) in [5.41, 5.74) is 10.9. The number of aromatic nitrogens is 2. The molecule has 0 radical (unpaired) electrons. The maximum Gasteiger partial charge on any atom is 0.272 e. The summed E-state index contributed by atoms with van der Waals surface area (Å²) in [6.07, 6.45) is 1.93. The first-order valence-corrected chi connectivity index (χ1v) is 8.72. The number of fused-ring (bicyclic) bond motifs is 2. The highest BCUT2D eigenvalue weighted by Crippen LogP contribution is 2.25. The van der Waals surface area contributed by atoms with Gasteiger partial charge in [0.1, 0.15) is 5.69 Å². The van der Waals surface area contributed by atoms with Crippen molar-refractivity contribution in [3.8, 4) is 0 Å². The molecule has 130 valence electrons. The number of rotatable bonds is 4. The SMILES string of the molecule is CCCc1cc(N)c2cc(NC(=O)c3cc4ccccc4[nH]3)ccc2n1. The molecule has 4 rings (SSSR count). The molecule has 0 saturated carbocycles. The Kier molecular flexibility index (Phi) is 4.05. The molecule has 2 aromatic heterocycles. The third-order valence-electron chi connectivity index (χ3n) is 4.43. The Morgan fingerprint density at radius 2 is 2.00 bits per heavy atom. The minimum Gasteiger partial charge on any atom is -0.398 e. The van der Waals surface area contributed by atoms with Crippen molar-refractivity contribution in [3.05, 3.63) is 66.0 Å². The van der Waals surface area contributed by atoms with Gasteiger partial charge in [0, 0.05) is 33.4 Å². The molecular weight excluding hydrogens is 324 g/mol. The molecule has 0 atom stereocenters. The number of hydrogen-bond acceptors (Lipinski definition) is 3. The number of para-hydroxylation sites is 1. The third-order valence-corrected chi connectivity index (χ3v) is 4.43. The monoisotopic (exact) mass is 344 g/mol. The molecule has 26 heavy (non-hydrogen) atoms. The Hall–Kier alpha value is -3.34. The van der Waals surface area contributed by atoms with E-state index in [0.717, 1.165) is 40.3 Å². The predicted octanol–water partition coefficient (Wildman–Crippen LogP) is 4.50. The molecule has 5 nitrogen and oxygen atoms in total. The van der Waals surface area contributed by atoms with Gasteiger partial charge in [0.05, 0.1) is 5.52 Å². The second kappa shape index (κ2) is 6.52. The normalized spacial score (nSPS) is 11.1. The summed E-state index contributed by atoms with van der Waals surface area (Å²) < 4.78 is 0. The lowest BCUT2D eigenvalue weighted by atomic mass is 10.1. The molecule has 0 aliphatic carbocycles. The van der Waals surface area contributed by atoms with Crippen molar-refractivity contribution in [2.45, 2.75) is 19.8 Å². The number of carbonyl (C=O) groups is 1. The Morgan fingerprint density at radius 1 is 1.15 bits per heavy atom. The van der Waals surface area contributed by atoms with Crippen LogP contribution in [0.1, 0.15) is 29.5 Å². The van der Waals surface area contributed by atoms with Crippen molar-refractivity contribution >= 4 is 39.1 Å². The van der Waals surface area contributed by atoms with Gasteiger partial charge in [-0.1, -0.05) is 31.5 Å². The van der Waals surface area contributed by atoms with Crippen molar-refractivity contribution < 1.29 is 4.79 Å². The van der Waals surface area contributed by atoms with Crippen LogP contribution in [0.2, 0.25) is 0 Å². The fraction of sp³-hybridized carbons (Fsp3) is 0.143. The highest BCUT2D eigenvalue weighted by atomic mass is 16.1. The lowest BCUT2D eigenvalue weighted by Crippen LogP contribution is -2.12. The van der Waals surface area contributed by atoms with E-state index in [0.29, 0.717) is 17.1 Å². The highest BCUT2D eigenvalue weighted by Gasteiger charge is 2.11. The minimum atomic E-state index is -0.185. The number of H-pyrrole nitrogens is 1. The number of nitrogen functional groups attached to an aromatic ring is 1. The minimum absolute atomic E-state index is 0.185. The van der Waals surface area contributed by atoms with Gasteiger partial charge in [0.15, 0.2) is 0 Å². The van der Waals surface area contributed by atoms with Gasteiger partial charge in [0.25, 0.3) is 5.91 Å². The smallest absolute Gasteiger partial charge is 0.272 e. The van der Waals surface area contributed by atoms with E-state index >= 15 is 0 Å². The number of anilines is 2. The zero-order valence-electron chi connectivity index (χ0n) is 14.5. The summed E-state index contributed by atoms with van der Waals surface area (Å²) in [5.74, 6) is -0.185. The number of benzene rings is 2. The topological polar surface area (TPSA) is 83.8 Å². The lowest BCUT2D eigenvalue weighted by molar-refractivity contribution is 0.102. The summed E-state index contributed by atoms with van der Waals surface area (Å²) in [6, 6.07) is 17.2. The standard InChI is InChI=1S/C21H20N4O/c1-2-5-14-12-17(22)16-11-15(8-9-19(16)23-14)24-21(26)20-10-13-6-3-4-7-18(13)25-20/h3-4,6-12,25H,2,5H2,1H3,(H2,22,23)(H,24,26). The maximum atomic E-state index is 12.6. The van der Waals surface area contributed by atoms with Crippen LogP contribution in [-0.2, 0) is 6.42 Å². The Labute approximate surface area is 151 Å². The van der Waals surface area contributed by atoms with Crippen LogP contribution in [0, 0.1) is 0 Å². The van der Waals surface area contributed by atoms with E-state index in [4.69, 9.17) is 5.73 Å². The average Bonchev–Trinajstić information content (AvgIpc) is 3.07. The van der Waals surface area contributed by atoms with Crippen molar-refractivity contribution in [2.75, 3.05) is 11.1 Å². The number of aromatic amines is 1. The van der Waals surface area contributed by atoms with E-state index in [1.165, 1.54) is 0 Å². The number of nitrogens with zero attached hydrogens (tertiary/aromatic N) is 1. The number of pyridine rings is 1. The fourth-order valence-electron chi connectivity index (χ4n) is 3.17. The number of amides is 1. The van der Waals surface area contributed by atoms with Crippen LogP contribution in [0.25, 0.3) is 21.8 Å². The van der Waals surface area contributed by atoms with Gasteiger partial charge in [-0.05, 0) is 42.8 Å². The van der Waals surface area contributed by atoms with E-state index < -0.39 is 0 Å². The van der Waals surface area contributed by atoms with Crippen LogP contribution in [0.15, 0.2) is 54.6 Å². The van der Waals surface area contributed by atoms with Crippen LogP contribution in [0.4, 0.5) is 11.4 Å². The first-order valence-electron chi connectivity index (χ1n) is 8.72. The zero-order chi connectivity index (χ0) is 18.1. The van der Waals surface area contributed by atoms with Crippen molar-refractivity contribution in [1.29, 1.82) is 0 Å². The van der Waals surface area contributed by atoms with Gasteiger partial charge in [-0.15, -0.1) is 0 Å². The lowest BCUT2D eigenvalue weighted by Gasteiger charge is -2.09. The largest absolute Gasteiger partial charge is 0.398 e. The third kappa shape index (κ3) is 2.99. The van der Waals surface area contributed by atoms with E-state index in [9.17, 15) is 4.79 Å². The summed E-state index contributed by atoms with van der Waals surface area (Å²) in [7, 11) is 0. The van der Waals surface area contributed by atoms with Crippen LogP contribution in [0.3, 0.4) is 0 Å². The van der Waals surface area contributed by atoms with Gasteiger partial charge >= 0.3 is 0 Å². The molecule has 0 unspecified atom stereocenters. The van der Waals surface area contributed by atoms with E-state index in [1.807, 2.05) is 54.6 Å². The van der Waals surface area contributed by atoms with Gasteiger partial charge in [-0.3, -0.25) is 9.78 Å². The molecule has 2 heterocycles. The van der Waals surface area contributed by atoms with E-state index in [1.54, 1.807) is 0 Å². The van der Waals surface area contributed by atoms with Crippen LogP contribution < -0.4 is 11.1 Å². The van der Waals surface area contributed by atoms with Gasteiger partial charge in [0.2, 0.25) is 0 Å². The molecule has 0 fully saturated rings. The Balaban J connectivity index is 1.63. The quantitative estimate of drug-likeness (QED) is 0.509. The molecule has 4 N–H and O–H groups in total. The van der Waals surface area contributed by atoms with Crippen molar-refractivity contribution in [3.63, 3.8) is 0 Å². The second-order valence-corrected chi connectivity index (χ2v) is 6.41. The summed E-state index contributed by atoms with van der Waals surface area (Å²) in [6.45, 7) is 2.12. The van der Waals surface area contributed by atoms with Crippen LogP contribution >= 0.6 is 0 Å². The molecule has 5 heteroatoms. The van der Waals surface area contributed by atoms with Gasteiger partial charge < -0.3 is 16.0 Å². The number of carbonyl (C=O) groups excluding carboxylic acids is 1. The number of nitrogens with two attached hydrogens (primary N) is 1. The molecule has 0 spiro atoms. The Morgan fingerprint density at radius 3 is 2.81 bits per heavy atom. The average molecular weight is 344 g/mol. The first-order chi connectivity index (χ1) is 12.6. The first kappa shape index (κ1) is 16.1. The van der Waals surface area contributed by atoms with Crippen LogP contribution in [0.5, 0.6) is 0 Å². The Bertz CT molecular complexity index is 1080. The molecule has 4 aromatic rings. The molecular formula is C21H20N4O. The van der Waals surface area contributed by atoms with Crippen molar-refractivity contribution in [2.24, 2.45) is 0 Å². The number of nitrogens with one attached hydrogen (secondary N) is 2. The summed E-state index contributed by atoms with van der Waals surface area (Å²) in [5, 5.41) is 4.78. The summed E-state index contributed by atoms with van der Waals surface area (Å²) in [4.78, 5) is 20.3.